The first-order valence-corrected chi connectivity index (χ1v) is 6.07. The molecule has 100 valence electrons. The number of carbonyl (C=O) groups is 1. The topological polar surface area (TPSA) is 44.8 Å². The monoisotopic (exact) mass is 244 g/mol. The average molecular weight is 244 g/mol. The van der Waals surface area contributed by atoms with Gasteiger partial charge < -0.3 is 4.74 Å². The summed E-state index contributed by atoms with van der Waals surface area (Å²) in [4.78, 5) is 21.2. The molecule has 0 N–H and O–H groups in total. The van der Waals surface area contributed by atoms with Gasteiger partial charge in [-0.2, -0.15) is 0 Å². The molecule has 17 heavy (non-hydrogen) atoms. The van der Waals surface area contributed by atoms with Gasteiger partial charge in [-0.1, -0.05) is 13.0 Å². The van der Waals surface area contributed by atoms with E-state index in [-0.39, 0.29) is 11.4 Å². The van der Waals surface area contributed by atoms with Gasteiger partial charge in [-0.3, -0.25) is 4.79 Å². The second-order valence-corrected chi connectivity index (χ2v) is 4.48. The van der Waals surface area contributed by atoms with E-state index in [1.807, 2.05) is 20.8 Å². The molecule has 0 saturated carbocycles. The Hall–Kier alpha value is -0.870. The molecule has 0 aromatic heterocycles. The van der Waals surface area contributed by atoms with Crippen molar-refractivity contribution in [1.82, 2.24) is 0 Å². The normalized spacial score (nSPS) is 11.2. The quantitative estimate of drug-likeness (QED) is 0.195. The van der Waals surface area contributed by atoms with Crippen LogP contribution in [-0.4, -0.2) is 25.8 Å². The van der Waals surface area contributed by atoms with Gasteiger partial charge in [-0.25, -0.2) is 9.78 Å². The van der Waals surface area contributed by atoms with Crippen molar-refractivity contribution in [3.63, 3.8) is 0 Å². The fraction of sp³-hybridized carbons (Fsp3) is 0.769. The Kier molecular flexibility index (Phi) is 8.72. The van der Waals surface area contributed by atoms with Crippen molar-refractivity contribution in [2.75, 3.05) is 19.8 Å². The fourth-order valence-electron chi connectivity index (χ4n) is 0.923. The highest BCUT2D eigenvalue weighted by molar-refractivity contribution is 5.75. The summed E-state index contributed by atoms with van der Waals surface area (Å²) < 4.78 is 5.17. The first kappa shape index (κ1) is 16.1. The molecule has 4 nitrogen and oxygen atoms in total. The summed E-state index contributed by atoms with van der Waals surface area (Å²) in [5.74, 6) is -0.135. The van der Waals surface area contributed by atoms with Crippen molar-refractivity contribution in [3.8, 4) is 0 Å². The van der Waals surface area contributed by atoms with Gasteiger partial charge in [0, 0.05) is 0 Å². The van der Waals surface area contributed by atoms with E-state index in [4.69, 9.17) is 14.5 Å². The minimum absolute atomic E-state index is 0.135. The van der Waals surface area contributed by atoms with Gasteiger partial charge in [0.15, 0.2) is 0 Å². The number of hydrogen-bond acceptors (Lipinski definition) is 4. The first-order chi connectivity index (χ1) is 8.04. The van der Waals surface area contributed by atoms with Crippen LogP contribution >= 0.6 is 0 Å². The first-order valence-electron chi connectivity index (χ1n) is 6.07. The standard InChI is InChI=1S/C13H24O4/c1-5-9-16-17-11-8-7-10-15-12(14)13(3,4)6-2/h5H,1,6-11H2,2-4H3. The van der Waals surface area contributed by atoms with Crippen molar-refractivity contribution in [3.05, 3.63) is 12.7 Å². The van der Waals surface area contributed by atoms with Crippen LogP contribution in [0.3, 0.4) is 0 Å². The lowest BCUT2D eigenvalue weighted by atomic mass is 9.91. The third-order valence-corrected chi connectivity index (χ3v) is 2.56. The molecule has 0 rings (SSSR count). The van der Waals surface area contributed by atoms with Crippen LogP contribution < -0.4 is 0 Å². The van der Waals surface area contributed by atoms with Gasteiger partial charge >= 0.3 is 5.97 Å². The number of carbonyl (C=O) groups excluding carboxylic acids is 1. The molecule has 0 aliphatic heterocycles. The lowest BCUT2D eigenvalue weighted by Gasteiger charge is -2.20. The van der Waals surface area contributed by atoms with Crippen LogP contribution in [0.1, 0.15) is 40.0 Å². The van der Waals surface area contributed by atoms with Gasteiger partial charge in [-0.05, 0) is 33.1 Å². The summed E-state index contributed by atoms with van der Waals surface area (Å²) in [6, 6.07) is 0. The Morgan fingerprint density at radius 2 is 1.88 bits per heavy atom. The van der Waals surface area contributed by atoms with E-state index in [2.05, 4.69) is 6.58 Å². The highest BCUT2D eigenvalue weighted by atomic mass is 17.2. The van der Waals surface area contributed by atoms with Crippen LogP contribution in [0.2, 0.25) is 0 Å². The molecule has 0 aliphatic carbocycles. The minimum atomic E-state index is -0.385. The van der Waals surface area contributed by atoms with E-state index < -0.39 is 0 Å². The van der Waals surface area contributed by atoms with E-state index in [1.54, 1.807) is 6.08 Å². The lowest BCUT2D eigenvalue weighted by molar-refractivity contribution is -0.286. The van der Waals surface area contributed by atoms with Gasteiger partial charge in [0.05, 0.1) is 18.6 Å². The molecule has 0 heterocycles. The molecule has 0 radical (unpaired) electrons. The molecular formula is C13H24O4. The molecule has 0 amide bonds. The molecular weight excluding hydrogens is 220 g/mol. The number of hydrogen-bond donors (Lipinski definition) is 0. The van der Waals surface area contributed by atoms with E-state index in [1.165, 1.54) is 0 Å². The van der Waals surface area contributed by atoms with Gasteiger partial charge in [0.2, 0.25) is 0 Å². The molecule has 0 spiro atoms. The van der Waals surface area contributed by atoms with Gasteiger partial charge in [0.1, 0.15) is 6.61 Å². The maximum absolute atomic E-state index is 11.6. The highest BCUT2D eigenvalue weighted by Crippen LogP contribution is 2.21. The second kappa shape index (κ2) is 9.19. The summed E-state index contributed by atoms with van der Waals surface area (Å²) in [5, 5.41) is 0. The van der Waals surface area contributed by atoms with Gasteiger partial charge in [0.25, 0.3) is 0 Å². The molecule has 0 unspecified atom stereocenters. The molecule has 0 aromatic carbocycles. The van der Waals surface area contributed by atoms with Crippen molar-refractivity contribution in [2.24, 2.45) is 5.41 Å². The molecule has 0 saturated heterocycles. The Balaban J connectivity index is 3.40. The summed E-state index contributed by atoms with van der Waals surface area (Å²) in [6.07, 6.45) is 3.99. The molecule has 0 aliphatic rings. The average Bonchev–Trinajstić information content (AvgIpc) is 2.32. The Labute approximate surface area is 104 Å². The zero-order valence-electron chi connectivity index (χ0n) is 11.2. The Morgan fingerprint density at radius 3 is 2.47 bits per heavy atom. The smallest absolute Gasteiger partial charge is 0.311 e. The molecule has 0 atom stereocenters. The number of rotatable bonds is 10. The lowest BCUT2D eigenvalue weighted by Crippen LogP contribution is -2.26. The maximum Gasteiger partial charge on any atom is 0.311 e. The third kappa shape index (κ3) is 7.94. The molecule has 4 heteroatoms. The van der Waals surface area contributed by atoms with Crippen molar-refractivity contribution in [1.29, 1.82) is 0 Å². The SMILES string of the molecule is C=CCOOCCCCOC(=O)C(C)(C)CC. The predicted molar refractivity (Wildman–Crippen MR) is 66.4 cm³/mol. The summed E-state index contributed by atoms with van der Waals surface area (Å²) >= 11 is 0. The summed E-state index contributed by atoms with van der Waals surface area (Å²) in [7, 11) is 0. The largest absolute Gasteiger partial charge is 0.465 e. The van der Waals surface area contributed by atoms with Crippen molar-refractivity contribution in [2.45, 2.75) is 40.0 Å². The predicted octanol–water partition coefficient (Wildman–Crippen LogP) is 2.88. The van der Waals surface area contributed by atoms with Crippen LogP contribution in [-0.2, 0) is 19.3 Å². The third-order valence-electron chi connectivity index (χ3n) is 2.56. The fourth-order valence-corrected chi connectivity index (χ4v) is 0.923. The zero-order chi connectivity index (χ0) is 13.1. The number of unbranched alkanes of at least 4 members (excludes halogenated alkanes) is 1. The summed E-state index contributed by atoms with van der Waals surface area (Å²) in [5.41, 5.74) is -0.385. The second-order valence-electron chi connectivity index (χ2n) is 4.48. The van der Waals surface area contributed by atoms with Crippen LogP contribution in [0.4, 0.5) is 0 Å². The van der Waals surface area contributed by atoms with E-state index >= 15 is 0 Å². The van der Waals surface area contributed by atoms with Crippen LogP contribution in [0, 0.1) is 5.41 Å². The number of ether oxygens (including phenoxy) is 1. The van der Waals surface area contributed by atoms with Crippen LogP contribution in [0.25, 0.3) is 0 Å². The zero-order valence-corrected chi connectivity index (χ0v) is 11.2. The molecule has 0 bridgehead atoms. The maximum atomic E-state index is 11.6. The van der Waals surface area contributed by atoms with Crippen LogP contribution in [0.15, 0.2) is 12.7 Å². The van der Waals surface area contributed by atoms with E-state index in [9.17, 15) is 4.79 Å². The van der Waals surface area contributed by atoms with Crippen LogP contribution in [0.5, 0.6) is 0 Å². The van der Waals surface area contributed by atoms with E-state index in [0.717, 1.165) is 19.3 Å². The molecule has 0 fully saturated rings. The number of esters is 1. The van der Waals surface area contributed by atoms with Crippen molar-refractivity contribution < 1.29 is 19.3 Å². The van der Waals surface area contributed by atoms with Crippen molar-refractivity contribution >= 4 is 5.97 Å². The minimum Gasteiger partial charge on any atom is -0.465 e. The summed E-state index contributed by atoms with van der Waals surface area (Å²) in [6.45, 7) is 10.6. The Bertz CT molecular complexity index is 223. The molecule has 0 aromatic rings. The van der Waals surface area contributed by atoms with Gasteiger partial charge in [-0.15, -0.1) is 6.58 Å². The highest BCUT2D eigenvalue weighted by Gasteiger charge is 2.26. The van der Waals surface area contributed by atoms with E-state index in [0.29, 0.717) is 19.8 Å². The Morgan fingerprint density at radius 1 is 1.24 bits per heavy atom.